The standard InChI is InChI=1S/C22H30N4O4/c1-3-4-5-6-7-14-22(2)20(29)26(21(30)23-22)24-19(28)16-10-12-17(13-11-16)25-15-8-9-18(25)27/h10-13H,3-9,14-15H2,1-2H3,(H,23,30)(H,24,28)/t22-/m1/s1. The van der Waals surface area contributed by atoms with E-state index in [0.717, 1.165) is 49.2 Å². The zero-order chi connectivity index (χ0) is 21.7. The molecule has 0 aliphatic carbocycles. The Balaban J connectivity index is 1.58. The highest BCUT2D eigenvalue weighted by atomic mass is 16.2. The maximum Gasteiger partial charge on any atom is 0.344 e. The number of nitrogens with one attached hydrogen (secondary N) is 2. The lowest BCUT2D eigenvalue weighted by molar-refractivity contribution is -0.132. The van der Waals surface area contributed by atoms with Crippen LogP contribution < -0.4 is 15.6 Å². The first kappa shape index (κ1) is 21.8. The van der Waals surface area contributed by atoms with Gasteiger partial charge in [-0.05, 0) is 44.0 Å². The third kappa shape index (κ3) is 4.63. The second-order valence-electron chi connectivity index (χ2n) is 8.20. The molecule has 8 nitrogen and oxygen atoms in total. The van der Waals surface area contributed by atoms with E-state index in [-0.39, 0.29) is 5.91 Å². The monoisotopic (exact) mass is 414 g/mol. The van der Waals surface area contributed by atoms with Crippen LogP contribution in [-0.4, -0.2) is 40.8 Å². The molecule has 0 aromatic heterocycles. The summed E-state index contributed by atoms with van der Waals surface area (Å²) < 4.78 is 0. The average Bonchev–Trinajstić information content (AvgIpc) is 3.24. The van der Waals surface area contributed by atoms with Crippen LogP contribution in [0.4, 0.5) is 10.5 Å². The van der Waals surface area contributed by atoms with Gasteiger partial charge in [0, 0.05) is 24.2 Å². The van der Waals surface area contributed by atoms with Gasteiger partial charge in [-0.25, -0.2) is 4.79 Å². The smallest absolute Gasteiger partial charge is 0.322 e. The van der Waals surface area contributed by atoms with Gasteiger partial charge in [0.1, 0.15) is 5.54 Å². The molecule has 5 amide bonds. The molecule has 3 rings (SSSR count). The molecule has 0 radical (unpaired) electrons. The lowest BCUT2D eigenvalue weighted by Gasteiger charge is -2.21. The summed E-state index contributed by atoms with van der Waals surface area (Å²) in [5, 5.41) is 3.48. The van der Waals surface area contributed by atoms with E-state index in [2.05, 4.69) is 17.7 Å². The number of carbonyl (C=O) groups excluding carboxylic acids is 4. The third-order valence-electron chi connectivity index (χ3n) is 5.77. The quantitative estimate of drug-likeness (QED) is 0.479. The van der Waals surface area contributed by atoms with Crippen molar-refractivity contribution < 1.29 is 19.2 Å². The Hall–Kier alpha value is -2.90. The van der Waals surface area contributed by atoms with Gasteiger partial charge in [-0.2, -0.15) is 5.01 Å². The minimum atomic E-state index is -1.00. The van der Waals surface area contributed by atoms with Crippen molar-refractivity contribution in [3.8, 4) is 0 Å². The van der Waals surface area contributed by atoms with Gasteiger partial charge in [-0.15, -0.1) is 0 Å². The maximum atomic E-state index is 12.8. The molecule has 2 aliphatic heterocycles. The van der Waals surface area contributed by atoms with Gasteiger partial charge in [0.25, 0.3) is 11.8 Å². The van der Waals surface area contributed by atoms with Crippen molar-refractivity contribution in [2.45, 2.75) is 70.8 Å². The summed E-state index contributed by atoms with van der Waals surface area (Å²) in [6.07, 6.45) is 7.13. The van der Waals surface area contributed by atoms with Crippen LogP contribution in [0.3, 0.4) is 0 Å². The van der Waals surface area contributed by atoms with Gasteiger partial charge < -0.3 is 10.2 Å². The van der Waals surface area contributed by atoms with Crippen LogP contribution in [0, 0.1) is 0 Å². The second kappa shape index (κ2) is 9.28. The van der Waals surface area contributed by atoms with Gasteiger partial charge in [-0.1, -0.05) is 39.0 Å². The lowest BCUT2D eigenvalue weighted by Crippen LogP contribution is -2.48. The molecule has 0 spiro atoms. The van der Waals surface area contributed by atoms with Crippen LogP contribution >= 0.6 is 0 Å². The highest BCUT2D eigenvalue weighted by Gasteiger charge is 2.48. The van der Waals surface area contributed by atoms with Crippen LogP contribution in [-0.2, 0) is 9.59 Å². The average molecular weight is 415 g/mol. The fourth-order valence-electron chi connectivity index (χ4n) is 3.92. The molecule has 0 bridgehead atoms. The molecule has 1 aromatic carbocycles. The predicted octanol–water partition coefficient (Wildman–Crippen LogP) is 3.13. The first-order valence-corrected chi connectivity index (χ1v) is 10.7. The number of imide groups is 1. The van der Waals surface area contributed by atoms with E-state index < -0.39 is 23.4 Å². The van der Waals surface area contributed by atoms with Crippen molar-refractivity contribution in [3.63, 3.8) is 0 Å². The van der Waals surface area contributed by atoms with Crippen LogP contribution in [0.2, 0.25) is 0 Å². The lowest BCUT2D eigenvalue weighted by atomic mass is 9.94. The van der Waals surface area contributed by atoms with E-state index in [1.165, 1.54) is 0 Å². The topological polar surface area (TPSA) is 98.8 Å². The molecule has 30 heavy (non-hydrogen) atoms. The van der Waals surface area contributed by atoms with E-state index in [9.17, 15) is 19.2 Å². The molecule has 2 heterocycles. The molecular formula is C22H30N4O4. The van der Waals surface area contributed by atoms with Crippen molar-refractivity contribution in [2.75, 3.05) is 11.4 Å². The number of carbonyl (C=O) groups is 4. The molecule has 1 atom stereocenters. The fraction of sp³-hybridized carbons (Fsp3) is 0.545. The van der Waals surface area contributed by atoms with Gasteiger partial charge in [-0.3, -0.25) is 19.8 Å². The van der Waals surface area contributed by atoms with E-state index in [1.54, 1.807) is 36.1 Å². The van der Waals surface area contributed by atoms with Crippen molar-refractivity contribution in [1.82, 2.24) is 15.8 Å². The van der Waals surface area contributed by atoms with E-state index in [4.69, 9.17) is 0 Å². The molecule has 2 fully saturated rings. The summed E-state index contributed by atoms with van der Waals surface area (Å²) in [4.78, 5) is 51.2. The van der Waals surface area contributed by atoms with Crippen molar-refractivity contribution in [2.24, 2.45) is 0 Å². The molecule has 1 aromatic rings. The Kier molecular flexibility index (Phi) is 6.74. The van der Waals surface area contributed by atoms with Crippen LogP contribution in [0.1, 0.15) is 75.6 Å². The molecular weight excluding hydrogens is 384 g/mol. The van der Waals surface area contributed by atoms with Gasteiger partial charge in [0.2, 0.25) is 5.91 Å². The summed E-state index contributed by atoms with van der Waals surface area (Å²) in [7, 11) is 0. The Morgan fingerprint density at radius 1 is 1.10 bits per heavy atom. The zero-order valence-electron chi connectivity index (χ0n) is 17.7. The van der Waals surface area contributed by atoms with Crippen LogP contribution in [0.5, 0.6) is 0 Å². The number of urea groups is 1. The third-order valence-corrected chi connectivity index (χ3v) is 5.77. The maximum absolute atomic E-state index is 12.8. The Labute approximate surface area is 176 Å². The number of benzene rings is 1. The summed E-state index contributed by atoms with van der Waals surface area (Å²) in [5.41, 5.74) is 2.45. The summed E-state index contributed by atoms with van der Waals surface area (Å²) in [5.74, 6) is -0.930. The van der Waals surface area contributed by atoms with E-state index >= 15 is 0 Å². The van der Waals surface area contributed by atoms with E-state index in [0.29, 0.717) is 24.9 Å². The largest absolute Gasteiger partial charge is 0.344 e. The number of amides is 5. The first-order chi connectivity index (χ1) is 14.4. The van der Waals surface area contributed by atoms with Gasteiger partial charge in [0.05, 0.1) is 0 Å². The van der Waals surface area contributed by atoms with Crippen LogP contribution in [0.25, 0.3) is 0 Å². The highest BCUT2D eigenvalue weighted by Crippen LogP contribution is 2.24. The highest BCUT2D eigenvalue weighted by molar-refractivity contribution is 6.09. The number of anilines is 1. The van der Waals surface area contributed by atoms with E-state index in [1.807, 2.05) is 0 Å². The Morgan fingerprint density at radius 3 is 2.43 bits per heavy atom. The minimum absolute atomic E-state index is 0.0699. The van der Waals surface area contributed by atoms with Crippen molar-refractivity contribution >= 4 is 29.4 Å². The van der Waals surface area contributed by atoms with Gasteiger partial charge >= 0.3 is 6.03 Å². The van der Waals surface area contributed by atoms with Crippen molar-refractivity contribution in [1.29, 1.82) is 0 Å². The fourth-order valence-corrected chi connectivity index (χ4v) is 3.92. The molecule has 8 heteroatoms. The predicted molar refractivity (Wildman–Crippen MR) is 113 cm³/mol. The minimum Gasteiger partial charge on any atom is -0.322 e. The summed E-state index contributed by atoms with van der Waals surface area (Å²) >= 11 is 0. The molecule has 2 saturated heterocycles. The number of hydrogen-bond acceptors (Lipinski definition) is 4. The van der Waals surface area contributed by atoms with Gasteiger partial charge in [0.15, 0.2) is 0 Å². The van der Waals surface area contributed by atoms with Crippen LogP contribution in [0.15, 0.2) is 24.3 Å². The number of nitrogens with zero attached hydrogens (tertiary/aromatic N) is 2. The molecule has 162 valence electrons. The van der Waals surface area contributed by atoms with Crippen molar-refractivity contribution in [3.05, 3.63) is 29.8 Å². The zero-order valence-corrected chi connectivity index (χ0v) is 17.7. The normalized spacial score (nSPS) is 21.3. The SMILES string of the molecule is CCCCCCC[C@@]1(C)NC(=O)N(NC(=O)c2ccc(N3CCCC3=O)cc2)C1=O. The first-order valence-electron chi connectivity index (χ1n) is 10.7. The summed E-state index contributed by atoms with van der Waals surface area (Å²) in [6.45, 7) is 4.51. The molecule has 0 saturated carbocycles. The molecule has 2 N–H and O–H groups in total. The summed E-state index contributed by atoms with van der Waals surface area (Å²) in [6, 6.07) is 5.95. The number of rotatable bonds is 9. The second-order valence-corrected chi connectivity index (χ2v) is 8.20. The molecule has 2 aliphatic rings. The Bertz CT molecular complexity index is 823. The number of hydrazine groups is 1. The number of hydrogen-bond donors (Lipinski definition) is 2. The molecule has 0 unspecified atom stereocenters. The number of unbranched alkanes of at least 4 members (excludes halogenated alkanes) is 4. The Morgan fingerprint density at radius 2 is 1.80 bits per heavy atom.